The number of carboxylic acid groups (broad SMARTS) is 1. The van der Waals surface area contributed by atoms with Crippen LogP contribution in [0.15, 0.2) is 40.8 Å². The first-order valence-corrected chi connectivity index (χ1v) is 7.75. The molecule has 1 unspecified atom stereocenters. The Balaban J connectivity index is 1.75. The Morgan fingerprint density at radius 2 is 2.00 bits per heavy atom. The van der Waals surface area contributed by atoms with E-state index < -0.39 is 5.97 Å². The van der Waals surface area contributed by atoms with Crippen molar-refractivity contribution < 1.29 is 23.8 Å². The molecule has 2 aromatic rings. The van der Waals surface area contributed by atoms with Gasteiger partial charge in [0, 0.05) is 5.92 Å². The fourth-order valence-corrected chi connectivity index (χ4v) is 2.19. The lowest BCUT2D eigenvalue weighted by molar-refractivity contribution is -0.125. The summed E-state index contributed by atoms with van der Waals surface area (Å²) in [6.07, 6.45) is 0.582. The molecule has 0 bridgehead atoms. The Hall–Kier alpha value is -2.76. The van der Waals surface area contributed by atoms with E-state index in [0.29, 0.717) is 24.5 Å². The maximum atomic E-state index is 12.1. The Labute approximate surface area is 140 Å². The van der Waals surface area contributed by atoms with Crippen molar-refractivity contribution in [3.05, 3.63) is 53.5 Å². The summed E-state index contributed by atoms with van der Waals surface area (Å²) in [6.45, 7) is 4.01. The van der Waals surface area contributed by atoms with Crippen LogP contribution in [-0.2, 0) is 11.3 Å². The maximum Gasteiger partial charge on any atom is 0.339 e. The summed E-state index contributed by atoms with van der Waals surface area (Å²) in [4.78, 5) is 23.0. The predicted octanol–water partition coefficient (Wildman–Crippen LogP) is 3.01. The zero-order valence-corrected chi connectivity index (χ0v) is 13.7. The third-order valence-electron chi connectivity index (χ3n) is 3.65. The highest BCUT2D eigenvalue weighted by molar-refractivity contribution is 5.88. The first-order valence-electron chi connectivity index (χ1n) is 7.75. The van der Waals surface area contributed by atoms with Crippen LogP contribution in [0.3, 0.4) is 0 Å². The molecule has 1 amide bonds. The van der Waals surface area contributed by atoms with Crippen molar-refractivity contribution in [2.45, 2.75) is 26.8 Å². The van der Waals surface area contributed by atoms with Crippen LogP contribution in [0.1, 0.15) is 35.2 Å². The summed E-state index contributed by atoms with van der Waals surface area (Å²) in [5.41, 5.74) is 0.114. The van der Waals surface area contributed by atoms with Crippen LogP contribution in [0, 0.1) is 12.8 Å². The number of aromatic carboxylic acids is 1. The first kappa shape index (κ1) is 17.6. The molecule has 6 nitrogen and oxygen atoms in total. The highest BCUT2D eigenvalue weighted by atomic mass is 16.5. The molecular weight excluding hydrogens is 310 g/mol. The standard InChI is InChI=1S/C18H21NO5/c1-12(8-9-23-14-6-4-3-5-7-14)17(20)19-11-15-10-16(18(21)22)13(2)24-15/h3-7,10,12H,8-9,11H2,1-2H3,(H,19,20)(H,21,22). The minimum atomic E-state index is -1.04. The van der Waals surface area contributed by atoms with Gasteiger partial charge < -0.3 is 19.6 Å². The number of carbonyl (C=O) groups is 2. The molecule has 0 aliphatic rings. The van der Waals surface area contributed by atoms with Crippen molar-refractivity contribution in [3.63, 3.8) is 0 Å². The molecule has 1 atom stereocenters. The van der Waals surface area contributed by atoms with E-state index in [-0.39, 0.29) is 23.9 Å². The molecule has 0 saturated carbocycles. The van der Waals surface area contributed by atoms with E-state index >= 15 is 0 Å². The van der Waals surface area contributed by atoms with E-state index in [2.05, 4.69) is 5.32 Å². The normalized spacial score (nSPS) is 11.8. The molecule has 1 aromatic heterocycles. The van der Waals surface area contributed by atoms with Crippen molar-refractivity contribution in [2.75, 3.05) is 6.61 Å². The molecule has 6 heteroatoms. The smallest absolute Gasteiger partial charge is 0.339 e. The van der Waals surface area contributed by atoms with E-state index in [4.69, 9.17) is 14.3 Å². The molecule has 0 spiro atoms. The van der Waals surface area contributed by atoms with E-state index in [0.717, 1.165) is 5.75 Å². The van der Waals surface area contributed by atoms with E-state index in [1.165, 1.54) is 6.07 Å². The number of para-hydroxylation sites is 1. The van der Waals surface area contributed by atoms with Gasteiger partial charge in [-0.3, -0.25) is 4.79 Å². The topological polar surface area (TPSA) is 88.8 Å². The van der Waals surface area contributed by atoms with Gasteiger partial charge in [-0.1, -0.05) is 25.1 Å². The zero-order valence-electron chi connectivity index (χ0n) is 13.7. The van der Waals surface area contributed by atoms with Crippen LogP contribution in [0.5, 0.6) is 5.75 Å². The monoisotopic (exact) mass is 331 g/mol. The average Bonchev–Trinajstić information content (AvgIpc) is 2.94. The van der Waals surface area contributed by atoms with Gasteiger partial charge in [0.2, 0.25) is 5.91 Å². The number of carbonyl (C=O) groups excluding carboxylic acids is 1. The molecular formula is C18H21NO5. The van der Waals surface area contributed by atoms with Gasteiger partial charge in [0.1, 0.15) is 22.8 Å². The quantitative estimate of drug-likeness (QED) is 0.776. The van der Waals surface area contributed by atoms with Gasteiger partial charge >= 0.3 is 5.97 Å². The number of rotatable bonds is 8. The highest BCUT2D eigenvalue weighted by Gasteiger charge is 2.16. The van der Waals surface area contributed by atoms with Crippen molar-refractivity contribution >= 4 is 11.9 Å². The van der Waals surface area contributed by atoms with E-state index in [1.807, 2.05) is 37.3 Å². The first-order chi connectivity index (χ1) is 11.5. The molecule has 0 saturated heterocycles. The van der Waals surface area contributed by atoms with Crippen LogP contribution < -0.4 is 10.1 Å². The van der Waals surface area contributed by atoms with Gasteiger partial charge in [-0.25, -0.2) is 4.79 Å². The summed E-state index contributed by atoms with van der Waals surface area (Å²) < 4.78 is 10.9. The lowest BCUT2D eigenvalue weighted by atomic mass is 10.1. The van der Waals surface area contributed by atoms with Gasteiger partial charge in [-0.2, -0.15) is 0 Å². The molecule has 24 heavy (non-hydrogen) atoms. The van der Waals surface area contributed by atoms with Crippen LogP contribution >= 0.6 is 0 Å². The van der Waals surface area contributed by atoms with E-state index in [9.17, 15) is 9.59 Å². The largest absolute Gasteiger partial charge is 0.494 e. The average molecular weight is 331 g/mol. The minimum Gasteiger partial charge on any atom is -0.494 e. The second-order valence-corrected chi connectivity index (χ2v) is 5.56. The van der Waals surface area contributed by atoms with Gasteiger partial charge in [-0.05, 0) is 31.5 Å². The number of hydrogen-bond acceptors (Lipinski definition) is 4. The number of furan rings is 1. The summed E-state index contributed by atoms with van der Waals surface area (Å²) in [6, 6.07) is 10.9. The summed E-state index contributed by atoms with van der Waals surface area (Å²) in [5, 5.41) is 11.7. The van der Waals surface area contributed by atoms with Crippen molar-refractivity contribution in [1.82, 2.24) is 5.32 Å². The number of hydrogen-bond donors (Lipinski definition) is 2. The fraction of sp³-hybridized carbons (Fsp3) is 0.333. The zero-order chi connectivity index (χ0) is 17.5. The van der Waals surface area contributed by atoms with Gasteiger partial charge in [0.25, 0.3) is 0 Å². The molecule has 1 heterocycles. The SMILES string of the molecule is Cc1oc(CNC(=O)C(C)CCOc2ccccc2)cc1C(=O)O. The maximum absolute atomic E-state index is 12.1. The summed E-state index contributed by atoms with van der Waals surface area (Å²) in [7, 11) is 0. The molecule has 2 N–H and O–H groups in total. The van der Waals surface area contributed by atoms with Crippen molar-refractivity contribution in [1.29, 1.82) is 0 Å². The summed E-state index contributed by atoms with van der Waals surface area (Å²) in [5.74, 6) is 0.140. The Kier molecular flexibility index (Phi) is 6.01. The second kappa shape index (κ2) is 8.19. The van der Waals surface area contributed by atoms with Crippen molar-refractivity contribution in [3.8, 4) is 5.75 Å². The van der Waals surface area contributed by atoms with Gasteiger partial charge in [-0.15, -0.1) is 0 Å². The molecule has 0 fully saturated rings. The summed E-state index contributed by atoms with van der Waals surface area (Å²) >= 11 is 0. The molecule has 0 radical (unpaired) electrons. The number of amides is 1. The predicted molar refractivity (Wildman–Crippen MR) is 88.0 cm³/mol. The number of aryl methyl sites for hydroxylation is 1. The Bertz CT molecular complexity index is 693. The number of ether oxygens (including phenoxy) is 1. The molecule has 1 aromatic carbocycles. The van der Waals surface area contributed by atoms with Crippen molar-refractivity contribution in [2.24, 2.45) is 5.92 Å². The lowest BCUT2D eigenvalue weighted by Gasteiger charge is -2.12. The molecule has 128 valence electrons. The van der Waals surface area contributed by atoms with E-state index in [1.54, 1.807) is 6.92 Å². The Morgan fingerprint density at radius 1 is 1.29 bits per heavy atom. The lowest BCUT2D eigenvalue weighted by Crippen LogP contribution is -2.29. The molecule has 0 aliphatic carbocycles. The van der Waals surface area contributed by atoms with Crippen LogP contribution in [0.2, 0.25) is 0 Å². The minimum absolute atomic E-state index is 0.114. The second-order valence-electron chi connectivity index (χ2n) is 5.56. The fourth-order valence-electron chi connectivity index (χ4n) is 2.19. The molecule has 2 rings (SSSR count). The van der Waals surface area contributed by atoms with Gasteiger partial charge in [0.05, 0.1) is 13.2 Å². The van der Waals surface area contributed by atoms with Crippen LogP contribution in [-0.4, -0.2) is 23.6 Å². The van der Waals surface area contributed by atoms with Crippen LogP contribution in [0.4, 0.5) is 0 Å². The Morgan fingerprint density at radius 3 is 2.62 bits per heavy atom. The van der Waals surface area contributed by atoms with Crippen LogP contribution in [0.25, 0.3) is 0 Å². The van der Waals surface area contributed by atoms with Gasteiger partial charge in [0.15, 0.2) is 0 Å². The number of benzene rings is 1. The highest BCUT2D eigenvalue weighted by Crippen LogP contribution is 2.15. The third-order valence-corrected chi connectivity index (χ3v) is 3.65. The third kappa shape index (κ3) is 4.87. The molecule has 0 aliphatic heterocycles. The number of carboxylic acids is 1. The number of nitrogens with one attached hydrogen (secondary N) is 1.